The van der Waals surface area contributed by atoms with Gasteiger partial charge in [0.1, 0.15) is 5.78 Å². The number of Topliss-reactive ketones (excluding diaryl/α,β-unsaturated/α-hetero) is 1. The third-order valence-electron chi connectivity index (χ3n) is 7.22. The van der Waals surface area contributed by atoms with Gasteiger partial charge in [-0.1, -0.05) is 18.9 Å². The topological polar surface area (TPSA) is 30.0 Å². The number of pyridine rings is 1. The SMILES string of the molecule is O=C(C1CC1c1ccccn1)C12CCCC3CC(CC3C1)C2. The molecule has 2 heteroatoms. The Labute approximate surface area is 132 Å². The Balaban J connectivity index is 1.39. The number of fused-ring (bicyclic) bond motifs is 2. The summed E-state index contributed by atoms with van der Waals surface area (Å²) in [5, 5.41) is 0. The summed E-state index contributed by atoms with van der Waals surface area (Å²) < 4.78 is 0. The molecule has 0 N–H and O–H groups in total. The molecule has 0 aromatic carbocycles. The number of aromatic nitrogens is 1. The van der Waals surface area contributed by atoms with Crippen LogP contribution in [0.1, 0.15) is 63.0 Å². The molecular formula is C20H25NO. The fourth-order valence-corrected chi connectivity index (χ4v) is 6.28. The van der Waals surface area contributed by atoms with E-state index in [0.717, 1.165) is 29.9 Å². The van der Waals surface area contributed by atoms with Crippen molar-refractivity contribution in [3.8, 4) is 0 Å². The number of rotatable bonds is 3. The van der Waals surface area contributed by atoms with Gasteiger partial charge in [-0.15, -0.1) is 0 Å². The van der Waals surface area contributed by atoms with E-state index >= 15 is 0 Å². The minimum Gasteiger partial charge on any atom is -0.299 e. The predicted octanol–water partition coefficient (Wildman–Crippen LogP) is 4.36. The average molecular weight is 295 g/mol. The smallest absolute Gasteiger partial charge is 0.142 e. The van der Waals surface area contributed by atoms with E-state index in [2.05, 4.69) is 17.1 Å². The van der Waals surface area contributed by atoms with Gasteiger partial charge in [-0.05, 0) is 68.4 Å². The Morgan fingerprint density at radius 2 is 2.05 bits per heavy atom. The first-order valence-electron chi connectivity index (χ1n) is 9.20. The van der Waals surface area contributed by atoms with Crippen molar-refractivity contribution >= 4 is 5.78 Å². The lowest BCUT2D eigenvalue weighted by Crippen LogP contribution is -2.38. The Bertz CT molecular complexity index is 597. The second-order valence-electron chi connectivity index (χ2n) is 8.51. The monoisotopic (exact) mass is 295 g/mol. The summed E-state index contributed by atoms with van der Waals surface area (Å²) in [6, 6.07) is 6.12. The Kier molecular flexibility index (Phi) is 2.81. The molecule has 2 nitrogen and oxygen atoms in total. The number of nitrogens with zero attached hydrogens (tertiary/aromatic N) is 1. The van der Waals surface area contributed by atoms with E-state index in [-0.39, 0.29) is 11.3 Å². The van der Waals surface area contributed by atoms with Crippen molar-refractivity contribution in [3.63, 3.8) is 0 Å². The number of hydrogen-bond donors (Lipinski definition) is 0. The summed E-state index contributed by atoms with van der Waals surface area (Å²) in [6.45, 7) is 0. The number of hydrogen-bond acceptors (Lipinski definition) is 2. The third-order valence-corrected chi connectivity index (χ3v) is 7.22. The van der Waals surface area contributed by atoms with Gasteiger partial charge in [0.2, 0.25) is 0 Å². The van der Waals surface area contributed by atoms with Gasteiger partial charge in [0, 0.05) is 29.1 Å². The van der Waals surface area contributed by atoms with Crippen molar-refractivity contribution in [2.24, 2.45) is 29.1 Å². The molecule has 1 heterocycles. The zero-order chi connectivity index (χ0) is 14.7. The van der Waals surface area contributed by atoms with Crippen LogP contribution < -0.4 is 0 Å². The van der Waals surface area contributed by atoms with E-state index < -0.39 is 0 Å². The molecule has 0 saturated heterocycles. The van der Waals surface area contributed by atoms with Crippen molar-refractivity contribution in [1.82, 2.24) is 4.98 Å². The van der Waals surface area contributed by atoms with Crippen LogP contribution in [0.2, 0.25) is 0 Å². The first-order valence-corrected chi connectivity index (χ1v) is 9.20. The highest BCUT2D eigenvalue weighted by Gasteiger charge is 2.58. The molecule has 1 aromatic rings. The Morgan fingerprint density at radius 1 is 1.14 bits per heavy atom. The molecule has 4 aliphatic rings. The van der Waals surface area contributed by atoms with E-state index in [0.29, 0.717) is 11.7 Å². The number of ketones is 1. The van der Waals surface area contributed by atoms with Gasteiger partial charge in [-0.25, -0.2) is 0 Å². The van der Waals surface area contributed by atoms with Gasteiger partial charge in [0.15, 0.2) is 0 Å². The van der Waals surface area contributed by atoms with Crippen molar-refractivity contribution < 1.29 is 4.79 Å². The van der Waals surface area contributed by atoms with Gasteiger partial charge < -0.3 is 0 Å². The maximum Gasteiger partial charge on any atom is 0.142 e. The molecule has 4 saturated carbocycles. The predicted molar refractivity (Wildman–Crippen MR) is 85.3 cm³/mol. The molecule has 4 aliphatic carbocycles. The van der Waals surface area contributed by atoms with Gasteiger partial charge in [0.05, 0.1) is 0 Å². The molecule has 0 amide bonds. The molecule has 6 unspecified atom stereocenters. The summed E-state index contributed by atoms with van der Waals surface area (Å²) in [7, 11) is 0. The van der Waals surface area contributed by atoms with Crippen LogP contribution in [0.15, 0.2) is 24.4 Å². The van der Waals surface area contributed by atoms with E-state index in [1.54, 1.807) is 0 Å². The van der Waals surface area contributed by atoms with Gasteiger partial charge in [-0.3, -0.25) is 9.78 Å². The van der Waals surface area contributed by atoms with E-state index in [1.165, 1.54) is 44.9 Å². The molecular weight excluding hydrogens is 270 g/mol. The van der Waals surface area contributed by atoms with Crippen LogP contribution in [0, 0.1) is 29.1 Å². The molecule has 4 fully saturated rings. The highest BCUT2D eigenvalue weighted by molar-refractivity contribution is 5.90. The van der Waals surface area contributed by atoms with Gasteiger partial charge >= 0.3 is 0 Å². The van der Waals surface area contributed by atoms with Crippen LogP contribution in [0.4, 0.5) is 0 Å². The lowest BCUT2D eigenvalue weighted by Gasteiger charge is -2.39. The normalized spacial score (nSPS) is 45.5. The van der Waals surface area contributed by atoms with Crippen LogP contribution in [0.25, 0.3) is 0 Å². The number of carbonyl (C=O) groups excluding carboxylic acids is 1. The summed E-state index contributed by atoms with van der Waals surface area (Å²) in [4.78, 5) is 17.9. The number of carbonyl (C=O) groups is 1. The molecule has 116 valence electrons. The van der Waals surface area contributed by atoms with E-state index in [9.17, 15) is 4.79 Å². The van der Waals surface area contributed by atoms with Crippen molar-refractivity contribution in [3.05, 3.63) is 30.1 Å². The molecule has 22 heavy (non-hydrogen) atoms. The zero-order valence-electron chi connectivity index (χ0n) is 13.2. The second-order valence-corrected chi connectivity index (χ2v) is 8.51. The van der Waals surface area contributed by atoms with Gasteiger partial charge in [0.25, 0.3) is 0 Å². The molecule has 3 bridgehead atoms. The van der Waals surface area contributed by atoms with Crippen LogP contribution in [0.3, 0.4) is 0 Å². The van der Waals surface area contributed by atoms with Crippen LogP contribution >= 0.6 is 0 Å². The first-order chi connectivity index (χ1) is 10.8. The first kappa shape index (κ1) is 13.3. The molecule has 0 aliphatic heterocycles. The van der Waals surface area contributed by atoms with E-state index in [1.807, 2.05) is 12.3 Å². The van der Waals surface area contributed by atoms with Crippen molar-refractivity contribution in [2.45, 2.75) is 57.3 Å². The quantitative estimate of drug-likeness (QED) is 0.829. The average Bonchev–Trinajstić information content (AvgIpc) is 3.29. The molecule has 5 rings (SSSR count). The minimum atomic E-state index is 0.0625. The summed E-state index contributed by atoms with van der Waals surface area (Å²) >= 11 is 0. The summed E-state index contributed by atoms with van der Waals surface area (Å²) in [5.41, 5.74) is 1.20. The largest absolute Gasteiger partial charge is 0.299 e. The maximum absolute atomic E-state index is 13.4. The Morgan fingerprint density at radius 3 is 2.91 bits per heavy atom. The third kappa shape index (κ3) is 1.92. The molecule has 0 spiro atoms. The lowest BCUT2D eigenvalue weighted by atomic mass is 9.64. The highest BCUT2D eigenvalue weighted by atomic mass is 16.1. The second kappa shape index (κ2) is 4.66. The molecule has 0 radical (unpaired) electrons. The summed E-state index contributed by atoms with van der Waals surface area (Å²) in [6.07, 6.45) is 12.1. The van der Waals surface area contributed by atoms with Crippen molar-refractivity contribution in [1.29, 1.82) is 0 Å². The zero-order valence-corrected chi connectivity index (χ0v) is 13.2. The highest BCUT2D eigenvalue weighted by Crippen LogP contribution is 2.62. The fourth-order valence-electron chi connectivity index (χ4n) is 6.28. The van der Waals surface area contributed by atoms with E-state index in [4.69, 9.17) is 0 Å². The summed E-state index contributed by atoms with van der Waals surface area (Å²) in [5.74, 6) is 4.01. The molecule has 1 aromatic heterocycles. The van der Waals surface area contributed by atoms with Crippen LogP contribution in [-0.2, 0) is 4.79 Å². The van der Waals surface area contributed by atoms with Crippen LogP contribution in [0.5, 0.6) is 0 Å². The fraction of sp³-hybridized carbons (Fsp3) is 0.700. The maximum atomic E-state index is 13.4. The van der Waals surface area contributed by atoms with Crippen molar-refractivity contribution in [2.75, 3.05) is 0 Å². The standard InChI is InChI=1S/C20H25NO/c22-19(17-10-16(17)18-5-1-2-7-21-18)20-6-3-4-14-8-13(11-20)9-15(14)12-20/h1-2,5,7,13-17H,3-4,6,8-12H2. The lowest BCUT2D eigenvalue weighted by molar-refractivity contribution is -0.133. The molecule has 6 atom stereocenters. The minimum absolute atomic E-state index is 0.0625. The van der Waals surface area contributed by atoms with Crippen LogP contribution in [-0.4, -0.2) is 10.8 Å². The van der Waals surface area contributed by atoms with Gasteiger partial charge in [-0.2, -0.15) is 0 Å². The Hall–Kier alpha value is -1.18.